The number of benzene rings is 2. The number of rotatable bonds is 10. The van der Waals surface area contributed by atoms with Crippen molar-refractivity contribution in [2.24, 2.45) is 16.7 Å². The van der Waals surface area contributed by atoms with Crippen LogP contribution in [-0.2, 0) is 38.1 Å². The standard InChI is InChI=1S/C45H57ClN2O15/c1-22-28(61-39(57)33(54)32(25-14-11-10-12-15-25)47-40(58)63-41(4,5)6)20-45(59)36(48-38(56)26-16-13-17-27(46)18-26)35-43(9,29(52)19-30(53)44(35,21-49)62-24(3)51)37(55)34(60-23(2)50)31(22)42(45,7)8/h10-18,28-30,32-36,49,52-54,59H,19-21H2,1-9H3,(H,47,58)(H,48,56)/t28-,29-,30-,32-,33-,34+,35?,36-,43+,44-,45+/m0/s1. The molecular weight excluding hydrogens is 844 g/mol. The first-order valence-electron chi connectivity index (χ1n) is 20.5. The summed E-state index contributed by atoms with van der Waals surface area (Å²) in [5.74, 6) is -7.22. The first kappa shape index (κ1) is 49.1. The summed E-state index contributed by atoms with van der Waals surface area (Å²) >= 11 is 6.26. The Balaban J connectivity index is 1.77. The summed E-state index contributed by atoms with van der Waals surface area (Å²) in [5.41, 5.74) is -9.92. The van der Waals surface area contributed by atoms with E-state index in [2.05, 4.69) is 10.6 Å². The highest BCUT2D eigenvalue weighted by molar-refractivity contribution is 6.31. The molecule has 0 saturated heterocycles. The van der Waals surface area contributed by atoms with Crippen LogP contribution in [0.3, 0.4) is 0 Å². The van der Waals surface area contributed by atoms with Crippen LogP contribution >= 0.6 is 11.6 Å². The highest BCUT2D eigenvalue weighted by Crippen LogP contribution is 2.62. The number of carbonyl (C=O) groups excluding carboxylic acids is 6. The molecule has 2 fully saturated rings. The molecule has 2 saturated carbocycles. The molecule has 0 aromatic heterocycles. The topological polar surface area (TPSA) is 265 Å². The summed E-state index contributed by atoms with van der Waals surface area (Å²) in [6.45, 7) is 11.3. The van der Waals surface area contributed by atoms with Gasteiger partial charge in [0.1, 0.15) is 11.7 Å². The van der Waals surface area contributed by atoms with E-state index in [1.54, 1.807) is 51.1 Å². The van der Waals surface area contributed by atoms with Crippen molar-refractivity contribution in [3.8, 4) is 0 Å². The van der Waals surface area contributed by atoms with E-state index in [1.165, 1.54) is 52.0 Å². The molecule has 3 aliphatic rings. The molecule has 1 unspecified atom stereocenters. The fourth-order valence-corrected chi connectivity index (χ4v) is 9.93. The van der Waals surface area contributed by atoms with Crippen LogP contribution in [0.5, 0.6) is 0 Å². The van der Waals surface area contributed by atoms with Crippen molar-refractivity contribution in [3.63, 3.8) is 0 Å². The molecule has 11 atom stereocenters. The number of ketones is 1. The van der Waals surface area contributed by atoms with Gasteiger partial charge < -0.3 is 55.1 Å². The fourth-order valence-electron chi connectivity index (χ4n) is 9.74. The molecule has 63 heavy (non-hydrogen) atoms. The van der Waals surface area contributed by atoms with E-state index in [9.17, 15) is 49.5 Å². The number of Topliss-reactive ketones (excluding diaryl/α,β-unsaturated/α-hetero) is 1. The molecule has 344 valence electrons. The summed E-state index contributed by atoms with van der Waals surface area (Å²) in [6, 6.07) is 10.3. The second-order valence-corrected chi connectivity index (χ2v) is 18.7. The lowest BCUT2D eigenvalue weighted by atomic mass is 9.44. The van der Waals surface area contributed by atoms with E-state index in [0.29, 0.717) is 0 Å². The van der Waals surface area contributed by atoms with Crippen LogP contribution in [0.15, 0.2) is 65.7 Å². The predicted octanol–water partition coefficient (Wildman–Crippen LogP) is 3.01. The number of hydrogen-bond acceptors (Lipinski definition) is 15. The Bertz CT molecular complexity index is 2160. The van der Waals surface area contributed by atoms with Crippen LogP contribution in [0, 0.1) is 16.7 Å². The average molecular weight is 901 g/mol. The first-order chi connectivity index (χ1) is 29.2. The molecule has 0 heterocycles. The number of ether oxygens (including phenoxy) is 4. The largest absolute Gasteiger partial charge is 0.456 e. The van der Waals surface area contributed by atoms with Gasteiger partial charge in [-0.15, -0.1) is 0 Å². The number of hydrogen-bond donors (Lipinski definition) is 7. The number of halogens is 1. The van der Waals surface area contributed by atoms with Crippen LogP contribution in [-0.4, -0.2) is 121 Å². The molecule has 2 amide bonds. The van der Waals surface area contributed by atoms with Crippen molar-refractivity contribution in [3.05, 3.63) is 81.9 Å². The molecule has 2 aromatic rings. The maximum absolute atomic E-state index is 15.5. The molecule has 0 aliphatic heterocycles. The maximum Gasteiger partial charge on any atom is 0.408 e. The van der Waals surface area contributed by atoms with Crippen LogP contribution in [0.25, 0.3) is 0 Å². The van der Waals surface area contributed by atoms with Gasteiger partial charge in [-0.2, -0.15) is 0 Å². The average Bonchev–Trinajstić information content (AvgIpc) is 3.18. The molecule has 5 rings (SSSR count). The third kappa shape index (κ3) is 9.09. The number of nitrogens with one attached hydrogen (secondary N) is 2. The highest BCUT2D eigenvalue weighted by atomic mass is 35.5. The van der Waals surface area contributed by atoms with Crippen molar-refractivity contribution in [1.29, 1.82) is 0 Å². The number of aliphatic hydroxyl groups excluding tert-OH is 4. The quantitative estimate of drug-likeness (QED) is 0.103. The van der Waals surface area contributed by atoms with Gasteiger partial charge in [0.15, 0.2) is 23.6 Å². The van der Waals surface area contributed by atoms with Gasteiger partial charge in [-0.1, -0.05) is 61.8 Å². The molecule has 2 bridgehead atoms. The number of alkyl carbamates (subject to hydrolysis) is 1. The van der Waals surface area contributed by atoms with Crippen LogP contribution in [0.1, 0.15) is 97.1 Å². The Morgan fingerprint density at radius 1 is 0.937 bits per heavy atom. The normalized spacial score (nSPS) is 31.2. The molecule has 18 heteroatoms. The van der Waals surface area contributed by atoms with Crippen LogP contribution < -0.4 is 10.6 Å². The van der Waals surface area contributed by atoms with Gasteiger partial charge in [-0.3, -0.25) is 19.2 Å². The van der Waals surface area contributed by atoms with Gasteiger partial charge in [0.2, 0.25) is 0 Å². The summed E-state index contributed by atoms with van der Waals surface area (Å²) in [7, 11) is 0. The summed E-state index contributed by atoms with van der Waals surface area (Å²) in [5, 5.41) is 65.8. The SMILES string of the molecule is CC(=O)O[C@H]1C(=O)[C@@]2(C)C([C@H](NC(=O)c3cccc(Cl)c3)[C@]3(O)C[C@H](OC(=O)[C@@H](O)[C@@H](NC(=O)OC(C)(C)C)c4ccccc4)C(C)=C1C3(C)C)[C@@](CO)(OC(C)=O)[C@@H](O)C[C@@H]2O. The van der Waals surface area contributed by atoms with E-state index in [0.717, 1.165) is 13.8 Å². The van der Waals surface area contributed by atoms with Gasteiger partial charge >= 0.3 is 24.0 Å². The minimum atomic E-state index is -2.54. The molecule has 0 spiro atoms. The Morgan fingerprint density at radius 2 is 1.57 bits per heavy atom. The smallest absolute Gasteiger partial charge is 0.408 e. The maximum atomic E-state index is 15.5. The minimum absolute atomic E-state index is 0.0472. The lowest BCUT2D eigenvalue weighted by Gasteiger charge is -2.65. The molecule has 3 aliphatic carbocycles. The van der Waals surface area contributed by atoms with Crippen molar-refractivity contribution in [1.82, 2.24) is 10.6 Å². The number of carbonyl (C=O) groups is 6. The molecule has 7 N–H and O–H groups in total. The molecule has 0 radical (unpaired) electrons. The van der Waals surface area contributed by atoms with Crippen LogP contribution in [0.4, 0.5) is 4.79 Å². The monoisotopic (exact) mass is 900 g/mol. The van der Waals surface area contributed by atoms with E-state index in [1.807, 2.05) is 0 Å². The summed E-state index contributed by atoms with van der Waals surface area (Å²) in [4.78, 5) is 83.1. The van der Waals surface area contributed by atoms with E-state index in [4.69, 9.17) is 30.5 Å². The highest BCUT2D eigenvalue weighted by Gasteiger charge is 2.75. The predicted molar refractivity (Wildman–Crippen MR) is 224 cm³/mol. The Morgan fingerprint density at radius 3 is 2.13 bits per heavy atom. The molecule has 2 aromatic carbocycles. The fraction of sp³-hybridized carbons (Fsp3) is 0.556. The third-order valence-electron chi connectivity index (χ3n) is 12.8. The van der Waals surface area contributed by atoms with Gasteiger partial charge in [-0.25, -0.2) is 9.59 Å². The zero-order valence-electron chi connectivity index (χ0n) is 36.6. The number of fused-ring (bicyclic) bond motifs is 3. The number of amides is 2. The van der Waals surface area contributed by atoms with Crippen molar-refractivity contribution >= 4 is 47.3 Å². The lowest BCUT2D eigenvalue weighted by molar-refractivity contribution is -0.267. The second kappa shape index (κ2) is 17.9. The minimum Gasteiger partial charge on any atom is -0.456 e. The lowest BCUT2D eigenvalue weighted by Crippen LogP contribution is -2.80. The Labute approximate surface area is 370 Å². The summed E-state index contributed by atoms with van der Waals surface area (Å²) < 4.78 is 23.0. The Kier molecular flexibility index (Phi) is 14.0. The van der Waals surface area contributed by atoms with E-state index >= 15 is 4.79 Å². The Hall–Kier alpha value is -4.91. The van der Waals surface area contributed by atoms with Gasteiger partial charge in [0.25, 0.3) is 5.91 Å². The van der Waals surface area contributed by atoms with Crippen molar-refractivity contribution < 1.29 is 73.2 Å². The van der Waals surface area contributed by atoms with Crippen molar-refractivity contribution in [2.45, 2.75) is 135 Å². The second-order valence-electron chi connectivity index (χ2n) is 18.3. The van der Waals surface area contributed by atoms with E-state index < -0.39 is 131 Å². The van der Waals surface area contributed by atoms with Crippen LogP contribution in [0.2, 0.25) is 5.02 Å². The van der Waals surface area contributed by atoms with Gasteiger partial charge in [0, 0.05) is 48.6 Å². The summed E-state index contributed by atoms with van der Waals surface area (Å²) in [6.07, 6.45) is -11.8. The number of aliphatic hydroxyl groups is 5. The van der Waals surface area contributed by atoms with Crippen molar-refractivity contribution in [2.75, 3.05) is 6.61 Å². The number of esters is 3. The van der Waals surface area contributed by atoms with E-state index in [-0.39, 0.29) is 27.3 Å². The molecule has 17 nitrogen and oxygen atoms in total. The first-order valence-corrected chi connectivity index (χ1v) is 20.8. The third-order valence-corrected chi connectivity index (χ3v) is 13.0. The van der Waals surface area contributed by atoms with Gasteiger partial charge in [0.05, 0.1) is 41.9 Å². The van der Waals surface area contributed by atoms with Gasteiger partial charge in [-0.05, 0) is 69.5 Å². The zero-order valence-corrected chi connectivity index (χ0v) is 37.4. The molecular formula is C45H57ClN2O15. The zero-order chi connectivity index (χ0) is 47.2.